The number of ether oxygens (including phenoxy) is 1. The fraction of sp³-hybridized carbons (Fsp3) is 0.727. The van der Waals surface area contributed by atoms with Crippen molar-refractivity contribution in [2.24, 2.45) is 0 Å². The van der Waals surface area contributed by atoms with Gasteiger partial charge in [-0.05, 0) is 27.2 Å². The molecule has 0 aliphatic rings. The highest BCUT2D eigenvalue weighted by molar-refractivity contribution is 7.99. The van der Waals surface area contributed by atoms with Gasteiger partial charge in [0.15, 0.2) is 0 Å². The average molecular weight is 243 g/mol. The van der Waals surface area contributed by atoms with E-state index in [0.29, 0.717) is 6.04 Å². The van der Waals surface area contributed by atoms with Crippen LogP contribution in [0.4, 0.5) is 5.69 Å². The molecule has 2 N–H and O–H groups in total. The first-order valence-corrected chi connectivity index (χ1v) is 6.52. The lowest BCUT2D eigenvalue weighted by atomic mass is 10.4. The van der Waals surface area contributed by atoms with Gasteiger partial charge in [-0.15, -0.1) is 11.8 Å². The molecule has 0 aliphatic heterocycles. The third-order valence-corrected chi connectivity index (χ3v) is 3.48. The Morgan fingerprint density at radius 2 is 2.19 bits per heavy atom. The molecule has 0 aliphatic carbocycles. The number of hydrogen-bond donors (Lipinski definition) is 1. The molecule has 0 bridgehead atoms. The zero-order valence-corrected chi connectivity index (χ0v) is 11.3. The monoisotopic (exact) mass is 243 g/mol. The topological polar surface area (TPSA) is 53.1 Å². The largest absolute Gasteiger partial charge is 0.395 e. The highest BCUT2D eigenvalue weighted by atomic mass is 32.2. The second-order valence-corrected chi connectivity index (χ2v) is 5.12. The lowest BCUT2D eigenvalue weighted by Gasteiger charge is -2.10. The zero-order valence-electron chi connectivity index (χ0n) is 10.5. The predicted octanol–water partition coefficient (Wildman–Crippen LogP) is 2.48. The summed E-state index contributed by atoms with van der Waals surface area (Å²) in [5, 5.41) is 5.53. The summed E-state index contributed by atoms with van der Waals surface area (Å²) in [7, 11) is 1.72. The van der Waals surface area contributed by atoms with Gasteiger partial charge in [0.1, 0.15) is 5.03 Å². The summed E-state index contributed by atoms with van der Waals surface area (Å²) < 4.78 is 7.03. The fourth-order valence-electron chi connectivity index (χ4n) is 1.41. The SMILES string of the molecule is COCCCSc1c(N)c(C)nn1C(C)C. The van der Waals surface area contributed by atoms with Gasteiger partial charge in [-0.2, -0.15) is 5.10 Å². The fourth-order valence-corrected chi connectivity index (χ4v) is 2.55. The molecule has 0 spiro atoms. The molecule has 16 heavy (non-hydrogen) atoms. The van der Waals surface area contributed by atoms with Gasteiger partial charge in [-0.25, -0.2) is 0 Å². The van der Waals surface area contributed by atoms with E-state index in [2.05, 4.69) is 18.9 Å². The Morgan fingerprint density at radius 3 is 2.75 bits per heavy atom. The van der Waals surface area contributed by atoms with Crippen molar-refractivity contribution < 1.29 is 4.74 Å². The first kappa shape index (κ1) is 13.4. The van der Waals surface area contributed by atoms with E-state index in [-0.39, 0.29) is 0 Å². The summed E-state index contributed by atoms with van der Waals surface area (Å²) in [5.41, 5.74) is 7.76. The summed E-state index contributed by atoms with van der Waals surface area (Å²) in [6, 6.07) is 0.348. The summed E-state index contributed by atoms with van der Waals surface area (Å²) >= 11 is 1.76. The first-order chi connectivity index (χ1) is 7.57. The minimum atomic E-state index is 0.348. The Balaban J connectivity index is 2.69. The smallest absolute Gasteiger partial charge is 0.118 e. The van der Waals surface area contributed by atoms with Crippen LogP contribution < -0.4 is 5.73 Å². The number of anilines is 1. The molecule has 1 rings (SSSR count). The van der Waals surface area contributed by atoms with E-state index in [1.807, 2.05) is 11.6 Å². The van der Waals surface area contributed by atoms with Gasteiger partial charge in [0.05, 0.1) is 11.4 Å². The number of nitrogen functional groups attached to an aromatic ring is 1. The number of thioether (sulfide) groups is 1. The molecule has 0 aromatic carbocycles. The predicted molar refractivity (Wildman–Crippen MR) is 69.0 cm³/mol. The van der Waals surface area contributed by atoms with E-state index in [4.69, 9.17) is 10.5 Å². The number of nitrogens with two attached hydrogens (primary N) is 1. The van der Waals surface area contributed by atoms with Crippen molar-refractivity contribution in [3.8, 4) is 0 Å². The van der Waals surface area contributed by atoms with Crippen molar-refractivity contribution >= 4 is 17.4 Å². The van der Waals surface area contributed by atoms with E-state index in [1.54, 1.807) is 18.9 Å². The van der Waals surface area contributed by atoms with Gasteiger partial charge >= 0.3 is 0 Å². The van der Waals surface area contributed by atoms with Crippen molar-refractivity contribution in [1.82, 2.24) is 9.78 Å². The van der Waals surface area contributed by atoms with Gasteiger partial charge in [0.2, 0.25) is 0 Å². The maximum Gasteiger partial charge on any atom is 0.118 e. The van der Waals surface area contributed by atoms with Crippen LogP contribution in [0.15, 0.2) is 5.03 Å². The molecular weight excluding hydrogens is 222 g/mol. The Kier molecular flexibility index (Phi) is 5.15. The van der Waals surface area contributed by atoms with E-state index in [0.717, 1.165) is 35.2 Å². The normalized spacial score (nSPS) is 11.3. The van der Waals surface area contributed by atoms with E-state index < -0.39 is 0 Å². The molecule has 1 aromatic heterocycles. The molecule has 92 valence electrons. The van der Waals surface area contributed by atoms with Crippen molar-refractivity contribution in [2.75, 3.05) is 25.2 Å². The number of aryl methyl sites for hydroxylation is 1. The molecule has 0 atom stereocenters. The maximum absolute atomic E-state index is 6.02. The van der Waals surface area contributed by atoms with Crippen molar-refractivity contribution in [1.29, 1.82) is 0 Å². The van der Waals surface area contributed by atoms with Crippen LogP contribution in [-0.4, -0.2) is 29.3 Å². The zero-order chi connectivity index (χ0) is 12.1. The van der Waals surface area contributed by atoms with Crippen LogP contribution >= 0.6 is 11.8 Å². The summed E-state index contributed by atoms with van der Waals surface area (Å²) in [5.74, 6) is 1.01. The maximum atomic E-state index is 6.02. The van der Waals surface area contributed by atoms with Crippen LogP contribution in [0.3, 0.4) is 0 Å². The van der Waals surface area contributed by atoms with Crippen LogP contribution in [0.2, 0.25) is 0 Å². The molecule has 0 fully saturated rings. The minimum absolute atomic E-state index is 0.348. The van der Waals surface area contributed by atoms with Gasteiger partial charge in [0, 0.05) is 25.5 Å². The van der Waals surface area contributed by atoms with Crippen LogP contribution in [-0.2, 0) is 4.74 Å². The van der Waals surface area contributed by atoms with Crippen molar-refractivity contribution in [3.63, 3.8) is 0 Å². The Morgan fingerprint density at radius 1 is 1.50 bits per heavy atom. The number of hydrogen-bond acceptors (Lipinski definition) is 4. The number of rotatable bonds is 6. The van der Waals surface area contributed by atoms with Crippen LogP contribution in [0.1, 0.15) is 32.0 Å². The molecule has 0 radical (unpaired) electrons. The van der Waals surface area contributed by atoms with Crippen molar-refractivity contribution in [3.05, 3.63) is 5.69 Å². The Hall–Kier alpha value is -0.680. The molecule has 0 saturated carbocycles. The first-order valence-electron chi connectivity index (χ1n) is 5.54. The minimum Gasteiger partial charge on any atom is -0.395 e. The Bertz CT molecular complexity index is 336. The molecule has 1 aromatic rings. The second-order valence-electron chi connectivity index (χ2n) is 4.04. The van der Waals surface area contributed by atoms with E-state index in [1.165, 1.54) is 0 Å². The standard InChI is InChI=1S/C11H21N3OS/c1-8(2)14-11(10(12)9(3)13-14)16-7-5-6-15-4/h8H,5-7,12H2,1-4H3. The highest BCUT2D eigenvalue weighted by Crippen LogP contribution is 2.30. The van der Waals surface area contributed by atoms with Gasteiger partial charge in [0.25, 0.3) is 0 Å². The molecule has 0 unspecified atom stereocenters. The molecular formula is C11H21N3OS. The highest BCUT2D eigenvalue weighted by Gasteiger charge is 2.14. The lowest BCUT2D eigenvalue weighted by molar-refractivity contribution is 0.200. The summed E-state index contributed by atoms with van der Waals surface area (Å²) in [6.45, 7) is 6.98. The number of methoxy groups -OCH3 is 1. The molecule has 1 heterocycles. The molecule has 0 saturated heterocycles. The molecule has 0 amide bonds. The summed E-state index contributed by atoms with van der Waals surface area (Å²) in [6.07, 6.45) is 1.03. The quantitative estimate of drug-likeness (QED) is 0.616. The number of nitrogens with zero attached hydrogens (tertiary/aromatic N) is 2. The van der Waals surface area contributed by atoms with E-state index >= 15 is 0 Å². The number of aromatic nitrogens is 2. The van der Waals surface area contributed by atoms with E-state index in [9.17, 15) is 0 Å². The molecule has 5 heteroatoms. The van der Waals surface area contributed by atoms with Crippen LogP contribution in [0.5, 0.6) is 0 Å². The lowest BCUT2D eigenvalue weighted by Crippen LogP contribution is -2.05. The third kappa shape index (κ3) is 3.15. The van der Waals surface area contributed by atoms with Crippen molar-refractivity contribution in [2.45, 2.75) is 38.3 Å². The average Bonchev–Trinajstić information content (AvgIpc) is 2.52. The third-order valence-electron chi connectivity index (χ3n) is 2.31. The van der Waals surface area contributed by atoms with Gasteiger partial charge in [-0.1, -0.05) is 0 Å². The van der Waals surface area contributed by atoms with Gasteiger partial charge < -0.3 is 10.5 Å². The Labute approximate surface area is 102 Å². The summed E-state index contributed by atoms with van der Waals surface area (Å²) in [4.78, 5) is 0. The van der Waals surface area contributed by atoms with Crippen LogP contribution in [0, 0.1) is 6.92 Å². The second kappa shape index (κ2) is 6.15. The molecule has 4 nitrogen and oxygen atoms in total. The van der Waals surface area contributed by atoms with Gasteiger partial charge in [-0.3, -0.25) is 4.68 Å². The van der Waals surface area contributed by atoms with Crippen LogP contribution in [0.25, 0.3) is 0 Å².